The summed E-state index contributed by atoms with van der Waals surface area (Å²) in [6.07, 6.45) is 0. The van der Waals surface area contributed by atoms with Crippen LogP contribution in [0, 0.1) is 0 Å². The molecule has 1 atom stereocenters. The summed E-state index contributed by atoms with van der Waals surface area (Å²) >= 11 is 1.53. The Morgan fingerprint density at radius 3 is 3.15 bits per heavy atom. The highest BCUT2D eigenvalue weighted by molar-refractivity contribution is 7.22. The van der Waals surface area contributed by atoms with Gasteiger partial charge in [-0.25, -0.2) is 9.78 Å². The number of hydrogen-bond donors (Lipinski definition) is 2. The van der Waals surface area contributed by atoms with Gasteiger partial charge < -0.3 is 15.4 Å². The molecule has 0 saturated carbocycles. The van der Waals surface area contributed by atoms with Gasteiger partial charge in [-0.1, -0.05) is 11.3 Å². The number of urea groups is 1. The van der Waals surface area contributed by atoms with Gasteiger partial charge in [-0.2, -0.15) is 0 Å². The third-order valence-corrected chi connectivity index (χ3v) is 4.61. The molecule has 0 spiro atoms. The number of anilines is 2. The Kier molecular flexibility index (Phi) is 2.50. The number of thiazole rings is 1. The minimum absolute atomic E-state index is 0.0744. The van der Waals surface area contributed by atoms with E-state index < -0.39 is 0 Å². The number of amides is 2. The van der Waals surface area contributed by atoms with E-state index in [0.29, 0.717) is 13.2 Å². The molecule has 0 bridgehead atoms. The molecule has 2 aromatic rings. The molecule has 2 amide bonds. The van der Waals surface area contributed by atoms with Crippen LogP contribution in [0.25, 0.3) is 10.2 Å². The van der Waals surface area contributed by atoms with E-state index in [2.05, 4.69) is 15.6 Å². The van der Waals surface area contributed by atoms with E-state index in [1.807, 2.05) is 19.1 Å². The van der Waals surface area contributed by atoms with E-state index in [-0.39, 0.29) is 12.1 Å². The van der Waals surface area contributed by atoms with Crippen LogP contribution >= 0.6 is 11.3 Å². The van der Waals surface area contributed by atoms with Crippen LogP contribution in [0.5, 0.6) is 5.75 Å². The van der Waals surface area contributed by atoms with Gasteiger partial charge in [-0.05, 0) is 19.1 Å². The number of nitrogens with zero attached hydrogens (tertiary/aromatic N) is 2. The Morgan fingerprint density at radius 1 is 1.45 bits per heavy atom. The van der Waals surface area contributed by atoms with Gasteiger partial charge in [0.15, 0.2) is 5.13 Å². The zero-order chi connectivity index (χ0) is 13.7. The number of hydrogen-bond acceptors (Lipinski definition) is 5. The van der Waals surface area contributed by atoms with Crippen molar-refractivity contribution in [2.24, 2.45) is 0 Å². The lowest BCUT2D eigenvalue weighted by molar-refractivity contribution is 0.252. The van der Waals surface area contributed by atoms with Gasteiger partial charge in [-0.3, -0.25) is 4.90 Å². The molecule has 104 valence electrons. The highest BCUT2D eigenvalue weighted by Gasteiger charge is 2.31. The van der Waals surface area contributed by atoms with E-state index in [4.69, 9.17) is 4.74 Å². The van der Waals surface area contributed by atoms with Gasteiger partial charge in [0, 0.05) is 13.1 Å². The van der Waals surface area contributed by atoms with Gasteiger partial charge in [0.1, 0.15) is 23.6 Å². The van der Waals surface area contributed by atoms with Crippen LogP contribution in [-0.2, 0) is 0 Å². The van der Waals surface area contributed by atoms with Gasteiger partial charge in [0.25, 0.3) is 0 Å². The van der Waals surface area contributed by atoms with Crippen LogP contribution in [0.1, 0.15) is 6.92 Å². The van der Waals surface area contributed by atoms with Crippen molar-refractivity contribution >= 4 is 38.4 Å². The SMILES string of the molecule is CC1CNC(=O)N1c1nc2c3c(ccc2s1)OCCN3. The first-order valence-electron chi connectivity index (χ1n) is 6.61. The van der Waals surface area contributed by atoms with Crippen molar-refractivity contribution in [2.45, 2.75) is 13.0 Å². The quantitative estimate of drug-likeness (QED) is 0.843. The number of carbonyl (C=O) groups excluding carboxylic acids is 1. The monoisotopic (exact) mass is 290 g/mol. The summed E-state index contributed by atoms with van der Waals surface area (Å²) in [5.74, 6) is 0.833. The molecule has 1 saturated heterocycles. The molecule has 2 aliphatic rings. The second-order valence-electron chi connectivity index (χ2n) is 4.96. The summed E-state index contributed by atoms with van der Waals surface area (Å²) in [4.78, 5) is 18.3. The summed E-state index contributed by atoms with van der Waals surface area (Å²) < 4.78 is 6.68. The molecular formula is C13H14N4O2S. The molecule has 1 aromatic heterocycles. The molecule has 1 unspecified atom stereocenters. The Labute approximate surface area is 119 Å². The third kappa shape index (κ3) is 1.62. The van der Waals surface area contributed by atoms with E-state index in [9.17, 15) is 4.79 Å². The van der Waals surface area contributed by atoms with E-state index >= 15 is 0 Å². The summed E-state index contributed by atoms with van der Waals surface area (Å²) in [7, 11) is 0. The summed E-state index contributed by atoms with van der Waals surface area (Å²) in [6, 6.07) is 4.01. The van der Waals surface area contributed by atoms with Crippen LogP contribution in [0.2, 0.25) is 0 Å². The molecule has 2 aliphatic heterocycles. The lowest BCUT2D eigenvalue weighted by Crippen LogP contribution is -2.32. The van der Waals surface area contributed by atoms with Crippen molar-refractivity contribution in [1.29, 1.82) is 0 Å². The largest absolute Gasteiger partial charge is 0.490 e. The van der Waals surface area contributed by atoms with Crippen molar-refractivity contribution in [3.63, 3.8) is 0 Å². The number of fused-ring (bicyclic) bond motifs is 3. The molecule has 1 fully saturated rings. The van der Waals surface area contributed by atoms with Crippen LogP contribution in [0.4, 0.5) is 15.6 Å². The maximum absolute atomic E-state index is 11.9. The number of nitrogens with one attached hydrogen (secondary N) is 2. The van der Waals surface area contributed by atoms with Crippen molar-refractivity contribution in [1.82, 2.24) is 10.3 Å². The van der Waals surface area contributed by atoms with Crippen molar-refractivity contribution in [2.75, 3.05) is 29.9 Å². The topological polar surface area (TPSA) is 66.5 Å². The molecule has 0 aliphatic carbocycles. The van der Waals surface area contributed by atoms with Gasteiger partial charge >= 0.3 is 6.03 Å². The first-order valence-corrected chi connectivity index (χ1v) is 7.43. The number of rotatable bonds is 1. The molecule has 1 aromatic carbocycles. The lowest BCUT2D eigenvalue weighted by atomic mass is 10.2. The Morgan fingerprint density at radius 2 is 2.35 bits per heavy atom. The first kappa shape index (κ1) is 11.8. The summed E-state index contributed by atoms with van der Waals surface area (Å²) in [5.41, 5.74) is 1.82. The molecule has 7 heteroatoms. The highest BCUT2D eigenvalue weighted by atomic mass is 32.1. The van der Waals surface area contributed by atoms with Crippen molar-refractivity contribution < 1.29 is 9.53 Å². The second kappa shape index (κ2) is 4.24. The zero-order valence-corrected chi connectivity index (χ0v) is 11.8. The smallest absolute Gasteiger partial charge is 0.324 e. The maximum atomic E-state index is 11.9. The van der Waals surface area contributed by atoms with E-state index in [0.717, 1.165) is 33.3 Å². The number of ether oxygens (including phenoxy) is 1. The Hall–Kier alpha value is -2.02. The van der Waals surface area contributed by atoms with Gasteiger partial charge in [0.05, 0.1) is 10.7 Å². The van der Waals surface area contributed by atoms with Gasteiger partial charge in [0.2, 0.25) is 0 Å². The molecular weight excluding hydrogens is 276 g/mol. The zero-order valence-electron chi connectivity index (χ0n) is 11.0. The van der Waals surface area contributed by atoms with Gasteiger partial charge in [-0.15, -0.1) is 0 Å². The lowest BCUT2D eigenvalue weighted by Gasteiger charge is -2.19. The third-order valence-electron chi connectivity index (χ3n) is 3.59. The number of benzene rings is 1. The van der Waals surface area contributed by atoms with E-state index in [1.165, 1.54) is 11.3 Å². The summed E-state index contributed by atoms with van der Waals surface area (Å²) in [5, 5.41) is 6.91. The van der Waals surface area contributed by atoms with E-state index in [1.54, 1.807) is 4.90 Å². The average molecular weight is 290 g/mol. The predicted octanol–water partition coefficient (Wildman–Crippen LogP) is 2.02. The second-order valence-corrected chi connectivity index (χ2v) is 5.97. The minimum Gasteiger partial charge on any atom is -0.490 e. The molecule has 2 N–H and O–H groups in total. The van der Waals surface area contributed by atoms with Crippen molar-refractivity contribution in [3.05, 3.63) is 12.1 Å². The fourth-order valence-electron chi connectivity index (χ4n) is 2.58. The Balaban J connectivity index is 1.85. The fourth-order valence-corrected chi connectivity index (χ4v) is 3.66. The Bertz CT molecular complexity index is 699. The maximum Gasteiger partial charge on any atom is 0.324 e. The molecule has 20 heavy (non-hydrogen) atoms. The summed E-state index contributed by atoms with van der Waals surface area (Å²) in [6.45, 7) is 4.12. The van der Waals surface area contributed by atoms with Crippen molar-refractivity contribution in [3.8, 4) is 5.75 Å². The predicted molar refractivity (Wildman–Crippen MR) is 78.9 cm³/mol. The highest BCUT2D eigenvalue weighted by Crippen LogP contribution is 2.40. The minimum atomic E-state index is -0.0744. The van der Waals surface area contributed by atoms with Crippen LogP contribution in [0.15, 0.2) is 12.1 Å². The molecule has 3 heterocycles. The molecule has 4 rings (SSSR count). The van der Waals surface area contributed by atoms with Crippen LogP contribution in [-0.4, -0.2) is 36.8 Å². The standard InChI is InChI=1S/C13H14N4O2S/c1-7-6-15-12(18)17(7)13-16-11-9(20-13)3-2-8-10(11)14-4-5-19-8/h2-3,7,14H,4-6H2,1H3,(H,15,18). The number of carbonyl (C=O) groups is 1. The normalized spacial score (nSPS) is 21.4. The first-order chi connectivity index (χ1) is 9.74. The molecule has 0 radical (unpaired) electrons. The molecule has 6 nitrogen and oxygen atoms in total. The van der Waals surface area contributed by atoms with Crippen LogP contribution in [0.3, 0.4) is 0 Å². The average Bonchev–Trinajstić information content (AvgIpc) is 3.02. The fraction of sp³-hybridized carbons (Fsp3) is 0.385. The number of aromatic nitrogens is 1. The van der Waals surface area contributed by atoms with Crippen LogP contribution < -0.4 is 20.3 Å².